The molecule has 6 nitrogen and oxygen atoms in total. The lowest BCUT2D eigenvalue weighted by Crippen LogP contribution is -2.63. The smallest absolute Gasteiger partial charge is 0.360 e. The third kappa shape index (κ3) is 1.67. The normalized spacial score (nSPS) is 31.9. The van der Waals surface area contributed by atoms with Crippen molar-refractivity contribution in [3.63, 3.8) is 0 Å². The van der Waals surface area contributed by atoms with Crippen molar-refractivity contribution in [1.29, 1.82) is 0 Å². The Morgan fingerprint density at radius 3 is 2.56 bits per heavy atom. The van der Waals surface area contributed by atoms with E-state index in [0.717, 1.165) is 0 Å². The topological polar surface area (TPSA) is 76.1 Å². The molecule has 1 saturated heterocycles. The van der Waals surface area contributed by atoms with Crippen molar-refractivity contribution >= 4 is 30.8 Å². The minimum absolute atomic E-state index is 0.124. The second kappa shape index (κ2) is 4.76. The molecular weight excluding hydrogens is 276 g/mol. The van der Waals surface area contributed by atoms with Gasteiger partial charge in [-0.25, -0.2) is 4.79 Å². The van der Waals surface area contributed by atoms with Crippen LogP contribution in [0.25, 0.3) is 0 Å². The Balaban J connectivity index is 2.38. The summed E-state index contributed by atoms with van der Waals surface area (Å²) in [4.78, 5) is 25.0. The van der Waals surface area contributed by atoms with Gasteiger partial charge in [-0.2, -0.15) is 0 Å². The van der Waals surface area contributed by atoms with Gasteiger partial charge in [-0.05, 0) is 6.92 Å². The molecule has 2 aliphatic rings. The van der Waals surface area contributed by atoms with E-state index < -0.39 is 18.0 Å². The molecule has 6 atom stereocenters. The largest absolute Gasteiger partial charge is 0.482 e. The highest BCUT2D eigenvalue weighted by molar-refractivity contribution is 7.11. The van der Waals surface area contributed by atoms with E-state index in [1.807, 2.05) is 16.4 Å². The van der Waals surface area contributed by atoms with Gasteiger partial charge in [-0.3, -0.25) is 9.69 Å². The molecule has 2 rings (SSSR count). The highest BCUT2D eigenvalue weighted by Gasteiger charge is 2.60. The summed E-state index contributed by atoms with van der Waals surface area (Å²) in [6.07, 6.45) is -0.752. The minimum Gasteiger partial charge on any atom is -0.482 e. The van der Waals surface area contributed by atoms with Crippen LogP contribution in [0.1, 0.15) is 13.8 Å². The van der Waals surface area contributed by atoms with Crippen LogP contribution in [0.3, 0.4) is 0 Å². The average Bonchev–Trinajstić information content (AvgIpc) is 2.57. The number of carbonyl (C=O) groups is 2. The van der Waals surface area contributed by atoms with Crippen molar-refractivity contribution < 1.29 is 23.7 Å². The summed E-state index contributed by atoms with van der Waals surface area (Å²) in [6.45, 7) is 3.42. The van der Waals surface area contributed by atoms with E-state index in [0.29, 0.717) is 5.76 Å². The van der Waals surface area contributed by atoms with Crippen LogP contribution < -0.4 is 0 Å². The standard InChI is InChI=1S/C10H15NO5P2/c1-3-6-5(4(2)12)9(13)11(6)7(8(3)15-17)10(14)16-18/h3-6,12H,17-18H2,1-2H3/t3-,4-,5-,6-/m1/s1. The number of hydrogen-bond donors (Lipinski definition) is 1. The van der Waals surface area contributed by atoms with Crippen LogP contribution in [0, 0.1) is 11.8 Å². The van der Waals surface area contributed by atoms with E-state index in [1.165, 1.54) is 4.90 Å². The van der Waals surface area contributed by atoms with Crippen LogP contribution in [0.15, 0.2) is 11.5 Å². The van der Waals surface area contributed by atoms with Gasteiger partial charge in [-0.15, -0.1) is 0 Å². The molecular formula is C10H15NO5P2. The van der Waals surface area contributed by atoms with Crippen molar-refractivity contribution in [2.24, 2.45) is 11.8 Å². The Labute approximate surface area is 109 Å². The first-order valence-electron chi connectivity index (χ1n) is 5.48. The van der Waals surface area contributed by atoms with Gasteiger partial charge in [0.25, 0.3) is 0 Å². The average molecular weight is 291 g/mol. The van der Waals surface area contributed by atoms with Crippen molar-refractivity contribution in [3.8, 4) is 0 Å². The number of carbonyl (C=O) groups excluding carboxylic acids is 2. The third-order valence-electron chi connectivity index (χ3n) is 3.54. The zero-order valence-corrected chi connectivity index (χ0v) is 12.3. The van der Waals surface area contributed by atoms with Crippen molar-refractivity contribution in [2.75, 3.05) is 0 Å². The quantitative estimate of drug-likeness (QED) is 0.593. The van der Waals surface area contributed by atoms with Gasteiger partial charge in [0, 0.05) is 5.92 Å². The maximum absolute atomic E-state index is 12.0. The summed E-state index contributed by atoms with van der Waals surface area (Å²) >= 11 is 0. The summed E-state index contributed by atoms with van der Waals surface area (Å²) in [6, 6.07) is -0.243. The zero-order valence-electron chi connectivity index (χ0n) is 9.99. The van der Waals surface area contributed by atoms with Crippen molar-refractivity contribution in [1.82, 2.24) is 4.90 Å². The molecule has 0 saturated carbocycles. The Bertz CT molecular complexity index is 436. The summed E-state index contributed by atoms with van der Waals surface area (Å²) in [7, 11) is 3.92. The number of hydrogen-bond acceptors (Lipinski definition) is 5. The minimum atomic E-state index is -0.752. The van der Waals surface area contributed by atoms with E-state index in [-0.39, 0.29) is 23.6 Å². The van der Waals surface area contributed by atoms with E-state index in [1.54, 1.807) is 6.92 Å². The fraction of sp³-hybridized carbons (Fsp3) is 0.600. The van der Waals surface area contributed by atoms with Gasteiger partial charge in [0.05, 0.1) is 37.0 Å². The molecule has 2 aliphatic heterocycles. The number of aliphatic hydroxyl groups excluding tert-OH is 1. The van der Waals surface area contributed by atoms with Crippen LogP contribution >= 0.6 is 18.9 Å². The van der Waals surface area contributed by atoms with E-state index in [2.05, 4.69) is 14.0 Å². The van der Waals surface area contributed by atoms with E-state index >= 15 is 0 Å². The highest BCUT2D eigenvalue weighted by atomic mass is 31.0. The first-order valence-corrected chi connectivity index (χ1v) is 6.43. The lowest BCUT2D eigenvalue weighted by atomic mass is 9.79. The number of rotatable bonds is 3. The Hall–Kier alpha value is -0.700. The maximum Gasteiger partial charge on any atom is 0.360 e. The molecule has 0 radical (unpaired) electrons. The molecule has 0 aromatic rings. The number of fused-ring (bicyclic) bond motifs is 1. The lowest BCUT2D eigenvalue weighted by Gasteiger charge is -2.46. The molecule has 100 valence electrons. The van der Waals surface area contributed by atoms with E-state index in [9.17, 15) is 14.7 Å². The fourth-order valence-electron chi connectivity index (χ4n) is 2.73. The van der Waals surface area contributed by atoms with Crippen LogP contribution in [-0.4, -0.2) is 34.0 Å². The van der Waals surface area contributed by atoms with Gasteiger partial charge in [-0.1, -0.05) is 6.92 Å². The van der Waals surface area contributed by atoms with Gasteiger partial charge in [0.2, 0.25) is 5.91 Å². The predicted molar refractivity (Wildman–Crippen MR) is 68.6 cm³/mol. The van der Waals surface area contributed by atoms with Gasteiger partial charge < -0.3 is 14.2 Å². The number of aliphatic hydroxyl groups is 1. The van der Waals surface area contributed by atoms with Crippen LogP contribution in [0.2, 0.25) is 0 Å². The number of β-lactam (4-membered cyclic amide) rings is 1. The second-order valence-electron chi connectivity index (χ2n) is 4.49. The van der Waals surface area contributed by atoms with E-state index in [4.69, 9.17) is 4.52 Å². The fourth-order valence-corrected chi connectivity index (χ4v) is 3.16. The van der Waals surface area contributed by atoms with Crippen LogP contribution in [0.4, 0.5) is 0 Å². The first-order chi connectivity index (χ1) is 8.45. The van der Waals surface area contributed by atoms with Crippen molar-refractivity contribution in [3.05, 3.63) is 11.5 Å². The molecule has 0 aliphatic carbocycles. The molecule has 8 heteroatoms. The molecule has 18 heavy (non-hydrogen) atoms. The monoisotopic (exact) mass is 291 g/mol. The second-order valence-corrected chi connectivity index (χ2v) is 4.96. The maximum atomic E-state index is 12.0. The third-order valence-corrected chi connectivity index (χ3v) is 4.00. The Morgan fingerprint density at radius 2 is 2.11 bits per heavy atom. The zero-order chi connectivity index (χ0) is 13.6. The molecule has 2 unspecified atom stereocenters. The van der Waals surface area contributed by atoms with Crippen molar-refractivity contribution in [2.45, 2.75) is 26.0 Å². The first kappa shape index (κ1) is 13.7. The molecule has 1 N–H and O–H groups in total. The lowest BCUT2D eigenvalue weighted by molar-refractivity contribution is -0.162. The van der Waals surface area contributed by atoms with Gasteiger partial charge >= 0.3 is 5.97 Å². The SMILES string of the molecule is C[C@@H](O)[C@H]1C(=O)N2C(C(=O)OP)=C(OP)[C@H](C)[C@H]12. The summed E-state index contributed by atoms with van der Waals surface area (Å²) in [5, 5.41) is 9.62. The number of amides is 1. The molecule has 0 aromatic heterocycles. The summed E-state index contributed by atoms with van der Waals surface area (Å²) < 4.78 is 9.71. The molecule has 2 heterocycles. The molecule has 0 aromatic carbocycles. The van der Waals surface area contributed by atoms with Gasteiger partial charge in [0.15, 0.2) is 5.70 Å². The van der Waals surface area contributed by atoms with Crippen LogP contribution in [-0.2, 0) is 18.6 Å². The molecule has 1 amide bonds. The Kier molecular flexibility index (Phi) is 3.63. The predicted octanol–water partition coefficient (Wildman–Crippen LogP) is 0.195. The Morgan fingerprint density at radius 1 is 1.50 bits per heavy atom. The summed E-state index contributed by atoms with van der Waals surface area (Å²) in [5.74, 6) is -1.16. The van der Waals surface area contributed by atoms with Gasteiger partial charge in [0.1, 0.15) is 5.76 Å². The molecule has 0 spiro atoms. The number of nitrogens with zero attached hydrogens (tertiary/aromatic N) is 1. The highest BCUT2D eigenvalue weighted by Crippen LogP contribution is 2.48. The van der Waals surface area contributed by atoms with Crippen LogP contribution in [0.5, 0.6) is 0 Å². The molecule has 1 fully saturated rings. The summed E-state index contributed by atoms with van der Waals surface area (Å²) in [5.41, 5.74) is 0.124. The molecule has 0 bridgehead atoms.